The molecule has 0 spiro atoms. The third-order valence-corrected chi connectivity index (χ3v) is 1.13. The zero-order chi connectivity index (χ0) is 11.1. The molecule has 0 radical (unpaired) electrons. The summed E-state index contributed by atoms with van der Waals surface area (Å²) in [5.41, 5.74) is 13.5. The maximum absolute atomic E-state index is 4.50. The molecule has 1 aliphatic heterocycles. The number of hydrazone groups is 1. The minimum atomic E-state index is 1.05. The fourth-order valence-corrected chi connectivity index (χ4v) is 0.677. The first-order chi connectivity index (χ1) is 6.43. The van der Waals surface area contributed by atoms with Crippen molar-refractivity contribution in [2.24, 2.45) is 22.3 Å². The van der Waals surface area contributed by atoms with Crippen LogP contribution in [0.2, 0.25) is 0 Å². The Morgan fingerprint density at radius 3 is 1.77 bits per heavy atom. The van der Waals surface area contributed by atoms with Gasteiger partial charge in [0, 0.05) is 25.7 Å². The lowest BCUT2D eigenvalue weighted by Crippen LogP contribution is -2.11. The number of hydrogen-bond acceptors (Lipinski definition) is 5. The maximum atomic E-state index is 4.50. The van der Waals surface area contributed by atoms with Gasteiger partial charge < -0.3 is 17.2 Å². The first-order valence-electron chi connectivity index (χ1n) is 4.44. The summed E-state index contributed by atoms with van der Waals surface area (Å²) in [4.78, 5) is 0. The molecule has 0 saturated carbocycles. The summed E-state index contributed by atoms with van der Waals surface area (Å²) >= 11 is 0. The lowest BCUT2D eigenvalue weighted by Gasteiger charge is -2.07. The minimum absolute atomic E-state index is 1.05. The van der Waals surface area contributed by atoms with E-state index in [1.165, 1.54) is 21.1 Å². The Bertz CT molecular complexity index is 84.6. The molecule has 0 unspecified atom stereocenters. The quantitative estimate of drug-likeness (QED) is 0.517. The number of nitrogens with zero attached hydrogens (tertiary/aromatic N) is 2. The van der Waals surface area contributed by atoms with Gasteiger partial charge in [-0.3, -0.25) is 5.01 Å². The normalized spacial score (nSPS) is 11.5. The zero-order valence-electron chi connectivity index (χ0n) is 9.33. The molecule has 0 aromatic carbocycles. The van der Waals surface area contributed by atoms with Crippen LogP contribution in [0.3, 0.4) is 0 Å². The van der Waals surface area contributed by atoms with Crippen LogP contribution in [0, 0.1) is 0 Å². The van der Waals surface area contributed by atoms with Crippen molar-refractivity contribution >= 4 is 6.21 Å². The van der Waals surface area contributed by atoms with Crippen molar-refractivity contribution in [3.63, 3.8) is 0 Å². The lowest BCUT2D eigenvalue weighted by molar-refractivity contribution is 0.337. The summed E-state index contributed by atoms with van der Waals surface area (Å²) in [5, 5.41) is 6.12. The van der Waals surface area contributed by atoms with Crippen LogP contribution in [0.15, 0.2) is 5.10 Å². The molecular weight excluding hydrogens is 166 g/mol. The largest absolute Gasteiger partial charge is 0.333 e. The second-order valence-corrected chi connectivity index (χ2v) is 1.63. The minimum Gasteiger partial charge on any atom is -0.333 e. The molecule has 0 aromatic rings. The number of nitrogens with two attached hydrogens (primary N) is 3. The predicted octanol–water partition coefficient (Wildman–Crippen LogP) is -0.577. The van der Waals surface area contributed by atoms with Gasteiger partial charge in [0.2, 0.25) is 0 Å². The molecule has 6 N–H and O–H groups in total. The van der Waals surface area contributed by atoms with Gasteiger partial charge in [0.25, 0.3) is 0 Å². The van der Waals surface area contributed by atoms with Gasteiger partial charge in [0.05, 0.1) is 0 Å². The highest BCUT2D eigenvalue weighted by Gasteiger charge is 1.99. The van der Waals surface area contributed by atoms with Crippen molar-refractivity contribution in [1.82, 2.24) is 5.01 Å². The van der Waals surface area contributed by atoms with Gasteiger partial charge in [0.15, 0.2) is 0 Å². The molecule has 0 saturated heterocycles. The van der Waals surface area contributed by atoms with Crippen LogP contribution >= 0.6 is 0 Å². The Morgan fingerprint density at radius 2 is 1.62 bits per heavy atom. The van der Waals surface area contributed by atoms with Crippen LogP contribution in [0.25, 0.3) is 0 Å². The molecule has 1 aliphatic rings. The summed E-state index contributed by atoms with van der Waals surface area (Å²) in [6.07, 6.45) is 3.09. The van der Waals surface area contributed by atoms with Gasteiger partial charge >= 0.3 is 0 Å². The summed E-state index contributed by atoms with van der Waals surface area (Å²) in [6, 6.07) is 0. The Morgan fingerprint density at radius 1 is 1.15 bits per heavy atom. The van der Waals surface area contributed by atoms with Crippen LogP contribution in [0.5, 0.6) is 0 Å². The van der Waals surface area contributed by atoms with Crippen molar-refractivity contribution in [3.05, 3.63) is 0 Å². The SMILES string of the molecule is CCN1CCC=N1.CN.CN.CN. The van der Waals surface area contributed by atoms with E-state index in [4.69, 9.17) is 0 Å². The number of rotatable bonds is 1. The van der Waals surface area contributed by atoms with Crippen molar-refractivity contribution in [3.8, 4) is 0 Å². The second kappa shape index (κ2) is 22.5. The van der Waals surface area contributed by atoms with E-state index in [9.17, 15) is 0 Å². The highest BCUT2D eigenvalue weighted by Crippen LogP contribution is 1.96. The molecule has 0 amide bonds. The first kappa shape index (κ1) is 18.2. The smallest absolute Gasteiger partial charge is 0.0410 e. The zero-order valence-corrected chi connectivity index (χ0v) is 9.33. The second-order valence-electron chi connectivity index (χ2n) is 1.63. The van der Waals surface area contributed by atoms with E-state index in [1.807, 2.05) is 6.21 Å². The monoisotopic (exact) mass is 191 g/mol. The highest BCUT2D eigenvalue weighted by molar-refractivity contribution is 5.58. The van der Waals surface area contributed by atoms with E-state index < -0.39 is 0 Å². The molecular formula is C8H25N5. The summed E-state index contributed by atoms with van der Waals surface area (Å²) in [6.45, 7) is 4.29. The fraction of sp³-hybridized carbons (Fsp3) is 0.875. The molecule has 5 heteroatoms. The van der Waals surface area contributed by atoms with Gasteiger partial charge in [0.1, 0.15) is 0 Å². The Kier molecular flexibility index (Phi) is 31.5. The molecule has 0 atom stereocenters. The Hall–Kier alpha value is -0.650. The molecule has 0 aromatic heterocycles. The van der Waals surface area contributed by atoms with Crippen molar-refractivity contribution in [2.75, 3.05) is 34.2 Å². The molecule has 0 aliphatic carbocycles. The lowest BCUT2D eigenvalue weighted by atomic mass is 10.5. The van der Waals surface area contributed by atoms with Gasteiger partial charge in [-0.1, -0.05) is 0 Å². The van der Waals surface area contributed by atoms with Gasteiger partial charge in [-0.15, -0.1) is 0 Å². The van der Waals surface area contributed by atoms with Crippen molar-refractivity contribution in [1.29, 1.82) is 0 Å². The van der Waals surface area contributed by atoms with Gasteiger partial charge in [-0.05, 0) is 28.1 Å². The molecule has 1 heterocycles. The Labute approximate surface area is 82.0 Å². The average Bonchev–Trinajstić information content (AvgIpc) is 2.79. The third-order valence-electron chi connectivity index (χ3n) is 1.13. The molecule has 0 fully saturated rings. The topological polar surface area (TPSA) is 93.7 Å². The van der Waals surface area contributed by atoms with Crippen LogP contribution < -0.4 is 17.2 Å². The molecule has 1 rings (SSSR count). The molecule has 5 nitrogen and oxygen atoms in total. The third kappa shape index (κ3) is 14.2. The summed E-state index contributed by atoms with van der Waals surface area (Å²) < 4.78 is 0. The molecule has 0 bridgehead atoms. The van der Waals surface area contributed by atoms with E-state index >= 15 is 0 Å². The van der Waals surface area contributed by atoms with Crippen LogP contribution in [-0.4, -0.2) is 45.5 Å². The summed E-state index contributed by atoms with van der Waals surface area (Å²) in [5.74, 6) is 0. The van der Waals surface area contributed by atoms with E-state index in [-0.39, 0.29) is 0 Å². The maximum Gasteiger partial charge on any atom is 0.0410 e. The van der Waals surface area contributed by atoms with E-state index in [0.717, 1.165) is 19.5 Å². The van der Waals surface area contributed by atoms with Crippen molar-refractivity contribution in [2.45, 2.75) is 13.3 Å². The van der Waals surface area contributed by atoms with E-state index in [0.29, 0.717) is 0 Å². The first-order valence-corrected chi connectivity index (χ1v) is 4.44. The van der Waals surface area contributed by atoms with Crippen LogP contribution in [-0.2, 0) is 0 Å². The van der Waals surface area contributed by atoms with E-state index in [1.54, 1.807) is 0 Å². The van der Waals surface area contributed by atoms with Crippen LogP contribution in [0.4, 0.5) is 0 Å². The summed E-state index contributed by atoms with van der Waals surface area (Å²) in [7, 11) is 4.50. The van der Waals surface area contributed by atoms with Crippen LogP contribution in [0.1, 0.15) is 13.3 Å². The fourth-order valence-electron chi connectivity index (χ4n) is 0.677. The van der Waals surface area contributed by atoms with Crippen molar-refractivity contribution < 1.29 is 0 Å². The molecule has 82 valence electrons. The average molecular weight is 191 g/mol. The molecule has 13 heavy (non-hydrogen) atoms. The highest BCUT2D eigenvalue weighted by atomic mass is 15.5. The standard InChI is InChI=1S/C5H10N2.3CH5N/c1-2-7-5-3-4-6-7;3*1-2/h4H,2-3,5H2,1H3;3*2H2,1H3. The predicted molar refractivity (Wildman–Crippen MR) is 60.7 cm³/mol. The number of hydrogen-bond donors (Lipinski definition) is 3. The van der Waals surface area contributed by atoms with Gasteiger partial charge in [-0.25, -0.2) is 0 Å². The van der Waals surface area contributed by atoms with Gasteiger partial charge in [-0.2, -0.15) is 5.10 Å². The van der Waals surface area contributed by atoms with E-state index in [2.05, 4.69) is 34.2 Å². The Balaban J connectivity index is -0.000000144.